The van der Waals surface area contributed by atoms with Crippen LogP contribution in [0.3, 0.4) is 0 Å². The molecule has 2 heteroatoms. The minimum Gasteiger partial charge on any atom is -0.385 e. The van der Waals surface area contributed by atoms with Crippen molar-refractivity contribution in [3.8, 4) is 0 Å². The van der Waals surface area contributed by atoms with Crippen LogP contribution in [0.2, 0.25) is 0 Å². The van der Waals surface area contributed by atoms with Gasteiger partial charge in [-0.15, -0.1) is 0 Å². The molecule has 1 aliphatic rings. The van der Waals surface area contributed by atoms with Gasteiger partial charge in [-0.2, -0.15) is 0 Å². The molecule has 76 valence electrons. The fourth-order valence-corrected chi connectivity index (χ4v) is 2.16. The Bertz CT molecular complexity index is 503. The second-order valence-electron chi connectivity index (χ2n) is 4.30. The van der Waals surface area contributed by atoms with E-state index in [2.05, 4.69) is 4.98 Å². The van der Waals surface area contributed by atoms with Gasteiger partial charge in [0.25, 0.3) is 0 Å². The molecule has 0 atom stereocenters. The largest absolute Gasteiger partial charge is 0.385 e. The molecule has 1 fully saturated rings. The van der Waals surface area contributed by atoms with Crippen molar-refractivity contribution in [3.05, 3.63) is 42.1 Å². The third-order valence-corrected chi connectivity index (χ3v) is 3.32. The summed E-state index contributed by atoms with van der Waals surface area (Å²) in [6.45, 7) is 0. The SMILES string of the molecule is OC1(c2ccc3cccnc3c2)CCC1. The first kappa shape index (κ1) is 8.86. The number of benzene rings is 1. The Morgan fingerprint density at radius 1 is 1.20 bits per heavy atom. The predicted octanol–water partition coefficient (Wildman–Crippen LogP) is 2.61. The maximum atomic E-state index is 10.2. The Morgan fingerprint density at radius 2 is 2.07 bits per heavy atom. The van der Waals surface area contributed by atoms with Gasteiger partial charge in [-0.1, -0.05) is 18.2 Å². The zero-order valence-electron chi connectivity index (χ0n) is 8.48. The van der Waals surface area contributed by atoms with Gasteiger partial charge < -0.3 is 5.11 Å². The summed E-state index contributed by atoms with van der Waals surface area (Å²) >= 11 is 0. The minimum absolute atomic E-state index is 0.578. The van der Waals surface area contributed by atoms with E-state index in [-0.39, 0.29) is 0 Å². The van der Waals surface area contributed by atoms with E-state index in [0.29, 0.717) is 0 Å². The molecule has 1 saturated carbocycles. The lowest BCUT2D eigenvalue weighted by Gasteiger charge is -2.37. The second kappa shape index (κ2) is 3.04. The summed E-state index contributed by atoms with van der Waals surface area (Å²) < 4.78 is 0. The van der Waals surface area contributed by atoms with Crippen molar-refractivity contribution in [1.29, 1.82) is 0 Å². The average Bonchev–Trinajstić information content (AvgIpc) is 2.25. The number of aromatic nitrogens is 1. The Balaban J connectivity index is 2.14. The summed E-state index contributed by atoms with van der Waals surface area (Å²) in [5.74, 6) is 0. The summed E-state index contributed by atoms with van der Waals surface area (Å²) in [5.41, 5.74) is 1.40. The summed E-state index contributed by atoms with van der Waals surface area (Å²) in [6, 6.07) is 10.0. The minimum atomic E-state index is -0.578. The summed E-state index contributed by atoms with van der Waals surface area (Å²) in [4.78, 5) is 4.30. The number of aliphatic hydroxyl groups is 1. The lowest BCUT2D eigenvalue weighted by Crippen LogP contribution is -2.33. The average molecular weight is 199 g/mol. The van der Waals surface area contributed by atoms with E-state index in [1.54, 1.807) is 6.20 Å². The number of nitrogens with zero attached hydrogens (tertiary/aromatic N) is 1. The van der Waals surface area contributed by atoms with Crippen LogP contribution in [-0.2, 0) is 5.60 Å². The fourth-order valence-electron chi connectivity index (χ4n) is 2.16. The molecule has 0 radical (unpaired) electrons. The van der Waals surface area contributed by atoms with E-state index in [1.165, 1.54) is 0 Å². The number of pyridine rings is 1. The first-order valence-electron chi connectivity index (χ1n) is 5.36. The third-order valence-electron chi connectivity index (χ3n) is 3.32. The van der Waals surface area contributed by atoms with Crippen LogP contribution in [0.4, 0.5) is 0 Å². The highest BCUT2D eigenvalue weighted by Crippen LogP contribution is 2.41. The molecule has 0 amide bonds. The van der Waals surface area contributed by atoms with Crippen LogP contribution in [0.25, 0.3) is 10.9 Å². The molecule has 3 rings (SSSR count). The Labute approximate surface area is 88.6 Å². The van der Waals surface area contributed by atoms with Crippen molar-refractivity contribution in [2.75, 3.05) is 0 Å². The number of hydrogen-bond donors (Lipinski definition) is 1. The molecular weight excluding hydrogens is 186 g/mol. The molecule has 1 aromatic carbocycles. The van der Waals surface area contributed by atoms with Crippen LogP contribution in [0, 0.1) is 0 Å². The first-order valence-corrected chi connectivity index (χ1v) is 5.36. The monoisotopic (exact) mass is 199 g/mol. The van der Waals surface area contributed by atoms with Crippen LogP contribution in [-0.4, -0.2) is 10.1 Å². The lowest BCUT2D eigenvalue weighted by molar-refractivity contribution is -0.0386. The van der Waals surface area contributed by atoms with Crippen molar-refractivity contribution in [2.24, 2.45) is 0 Å². The number of rotatable bonds is 1. The topological polar surface area (TPSA) is 33.1 Å². The highest BCUT2D eigenvalue weighted by atomic mass is 16.3. The van der Waals surface area contributed by atoms with Crippen molar-refractivity contribution in [3.63, 3.8) is 0 Å². The molecule has 0 bridgehead atoms. The van der Waals surface area contributed by atoms with Gasteiger partial charge in [0.05, 0.1) is 11.1 Å². The van der Waals surface area contributed by atoms with Gasteiger partial charge in [-0.3, -0.25) is 4.98 Å². The molecule has 0 saturated heterocycles. The van der Waals surface area contributed by atoms with E-state index < -0.39 is 5.60 Å². The summed E-state index contributed by atoms with van der Waals surface area (Å²) in [6.07, 6.45) is 4.67. The molecule has 2 nitrogen and oxygen atoms in total. The summed E-state index contributed by atoms with van der Waals surface area (Å²) in [7, 11) is 0. The van der Waals surface area contributed by atoms with Crippen LogP contribution in [0.15, 0.2) is 36.5 Å². The Hall–Kier alpha value is -1.41. The van der Waals surface area contributed by atoms with Gasteiger partial charge in [0, 0.05) is 11.6 Å². The molecule has 0 unspecified atom stereocenters. The lowest BCUT2D eigenvalue weighted by atomic mass is 9.75. The summed E-state index contributed by atoms with van der Waals surface area (Å²) in [5, 5.41) is 11.3. The first-order chi connectivity index (χ1) is 7.28. The number of fused-ring (bicyclic) bond motifs is 1. The van der Waals surface area contributed by atoms with Gasteiger partial charge in [0.15, 0.2) is 0 Å². The highest BCUT2D eigenvalue weighted by molar-refractivity contribution is 5.79. The van der Waals surface area contributed by atoms with E-state index in [9.17, 15) is 5.11 Å². The van der Waals surface area contributed by atoms with Crippen molar-refractivity contribution < 1.29 is 5.11 Å². The van der Waals surface area contributed by atoms with Crippen LogP contribution in [0.1, 0.15) is 24.8 Å². The van der Waals surface area contributed by atoms with Gasteiger partial charge in [0.1, 0.15) is 0 Å². The zero-order chi connectivity index (χ0) is 10.3. The van der Waals surface area contributed by atoms with Crippen LogP contribution in [0.5, 0.6) is 0 Å². The smallest absolute Gasteiger partial charge is 0.0897 e. The molecule has 1 heterocycles. The van der Waals surface area contributed by atoms with Crippen molar-refractivity contribution in [1.82, 2.24) is 4.98 Å². The third kappa shape index (κ3) is 1.33. The van der Waals surface area contributed by atoms with E-state index in [1.807, 2.05) is 30.3 Å². The van der Waals surface area contributed by atoms with Crippen molar-refractivity contribution in [2.45, 2.75) is 24.9 Å². The Kier molecular flexibility index (Phi) is 1.80. The predicted molar refractivity (Wildman–Crippen MR) is 59.5 cm³/mol. The molecule has 1 aromatic heterocycles. The van der Waals surface area contributed by atoms with Crippen LogP contribution >= 0.6 is 0 Å². The second-order valence-corrected chi connectivity index (χ2v) is 4.30. The molecule has 1 N–H and O–H groups in total. The zero-order valence-corrected chi connectivity index (χ0v) is 8.48. The molecule has 15 heavy (non-hydrogen) atoms. The quantitative estimate of drug-likeness (QED) is 0.765. The van der Waals surface area contributed by atoms with Gasteiger partial charge in [0.2, 0.25) is 0 Å². The molecule has 2 aromatic rings. The maximum absolute atomic E-state index is 10.2. The normalized spacial score (nSPS) is 18.7. The van der Waals surface area contributed by atoms with Crippen molar-refractivity contribution >= 4 is 10.9 Å². The standard InChI is InChI=1S/C13H13NO/c15-13(6-2-7-13)11-5-4-10-3-1-8-14-12(10)9-11/h1,3-5,8-9,15H,2,6-7H2. The van der Waals surface area contributed by atoms with Gasteiger partial charge in [-0.05, 0) is 37.0 Å². The molecule has 0 aliphatic heterocycles. The Morgan fingerprint density at radius 3 is 2.80 bits per heavy atom. The van der Waals surface area contributed by atoms with E-state index in [4.69, 9.17) is 0 Å². The highest BCUT2D eigenvalue weighted by Gasteiger charge is 2.36. The molecule has 0 spiro atoms. The van der Waals surface area contributed by atoms with Gasteiger partial charge in [-0.25, -0.2) is 0 Å². The van der Waals surface area contributed by atoms with E-state index in [0.717, 1.165) is 35.7 Å². The van der Waals surface area contributed by atoms with Gasteiger partial charge >= 0.3 is 0 Å². The maximum Gasteiger partial charge on any atom is 0.0897 e. The fraction of sp³-hybridized carbons (Fsp3) is 0.308. The van der Waals surface area contributed by atoms with Crippen LogP contribution < -0.4 is 0 Å². The molecule has 1 aliphatic carbocycles. The van der Waals surface area contributed by atoms with E-state index >= 15 is 0 Å². The molecular formula is C13H13NO. The number of hydrogen-bond acceptors (Lipinski definition) is 2.